The summed E-state index contributed by atoms with van der Waals surface area (Å²) < 4.78 is 31.7. The van der Waals surface area contributed by atoms with Crippen LogP contribution in [0.15, 0.2) is 36.4 Å². The lowest BCUT2D eigenvalue weighted by molar-refractivity contribution is -0.138. The number of anilines is 1. The lowest BCUT2D eigenvalue weighted by Crippen LogP contribution is -2.23. The Balaban J connectivity index is 1.94. The number of hydrogen-bond donors (Lipinski definition) is 4. The first-order chi connectivity index (χ1) is 14.4. The molecule has 2 aromatic rings. The number of nitrogens with one attached hydrogen (secondary N) is 2. The standard InChI is InChI=1S/C21H24FN3O5/c1-2-29-15-9-16(18(22)17(10-15)30-14-7-8-28-11-14)19(21(26)27)25-13-5-3-12(4-6-13)20(23)24/h3-6,9-10,14,19,25H,2,7-8,11H2,1H3,(H3,23,24)(H,26,27)/t14-,19?/m0/s1. The van der Waals surface area contributed by atoms with E-state index in [0.29, 0.717) is 43.2 Å². The average molecular weight is 417 g/mol. The Morgan fingerprint density at radius 2 is 2.13 bits per heavy atom. The molecule has 1 aliphatic rings. The molecule has 2 aromatic carbocycles. The summed E-state index contributed by atoms with van der Waals surface area (Å²) in [4.78, 5) is 12.0. The summed E-state index contributed by atoms with van der Waals surface area (Å²) in [6.07, 6.45) is 0.316. The molecule has 9 heteroatoms. The van der Waals surface area contributed by atoms with Crippen molar-refractivity contribution in [3.8, 4) is 11.5 Å². The average Bonchev–Trinajstić information content (AvgIpc) is 3.22. The Bertz CT molecular complexity index is 914. The Morgan fingerprint density at radius 1 is 1.40 bits per heavy atom. The van der Waals surface area contributed by atoms with Gasteiger partial charge in [-0.25, -0.2) is 9.18 Å². The zero-order valence-electron chi connectivity index (χ0n) is 16.5. The van der Waals surface area contributed by atoms with Gasteiger partial charge in [-0.15, -0.1) is 0 Å². The second-order valence-corrected chi connectivity index (χ2v) is 6.77. The number of rotatable bonds is 9. The summed E-state index contributed by atoms with van der Waals surface area (Å²) in [6, 6.07) is 7.68. The molecular formula is C21H24FN3O5. The zero-order chi connectivity index (χ0) is 21.7. The third-order valence-electron chi connectivity index (χ3n) is 4.60. The molecule has 0 saturated carbocycles. The Morgan fingerprint density at radius 3 is 2.70 bits per heavy atom. The minimum atomic E-state index is -1.39. The second kappa shape index (κ2) is 9.45. The van der Waals surface area contributed by atoms with Gasteiger partial charge >= 0.3 is 5.97 Å². The van der Waals surface area contributed by atoms with E-state index in [2.05, 4.69) is 5.32 Å². The van der Waals surface area contributed by atoms with E-state index in [9.17, 15) is 9.90 Å². The fraction of sp³-hybridized carbons (Fsp3) is 0.333. The Kier molecular flexibility index (Phi) is 6.73. The van der Waals surface area contributed by atoms with Crippen molar-refractivity contribution in [1.29, 1.82) is 5.41 Å². The predicted molar refractivity (Wildman–Crippen MR) is 109 cm³/mol. The van der Waals surface area contributed by atoms with Crippen LogP contribution in [0.2, 0.25) is 0 Å². The highest BCUT2D eigenvalue weighted by molar-refractivity contribution is 5.95. The minimum absolute atomic E-state index is 0.0774. The largest absolute Gasteiger partial charge is 0.494 e. The van der Waals surface area contributed by atoms with E-state index in [4.69, 9.17) is 25.4 Å². The van der Waals surface area contributed by atoms with Gasteiger partial charge in [0.1, 0.15) is 17.7 Å². The molecule has 1 heterocycles. The molecule has 0 aliphatic carbocycles. The molecule has 2 atom stereocenters. The van der Waals surface area contributed by atoms with Crippen molar-refractivity contribution in [3.63, 3.8) is 0 Å². The highest BCUT2D eigenvalue weighted by Gasteiger charge is 2.28. The zero-order valence-corrected chi connectivity index (χ0v) is 16.5. The quantitative estimate of drug-likeness (QED) is 0.365. The van der Waals surface area contributed by atoms with E-state index in [1.165, 1.54) is 12.1 Å². The number of nitrogen functional groups attached to an aromatic ring is 1. The molecule has 1 unspecified atom stereocenters. The maximum absolute atomic E-state index is 15.3. The van der Waals surface area contributed by atoms with Crippen LogP contribution in [0, 0.1) is 11.2 Å². The second-order valence-electron chi connectivity index (χ2n) is 6.77. The molecule has 0 bridgehead atoms. The molecule has 5 N–H and O–H groups in total. The van der Waals surface area contributed by atoms with Crippen LogP contribution in [0.1, 0.15) is 30.5 Å². The molecule has 1 aliphatic heterocycles. The first-order valence-electron chi connectivity index (χ1n) is 9.53. The van der Waals surface area contributed by atoms with Gasteiger partial charge in [0.15, 0.2) is 17.6 Å². The fourth-order valence-electron chi connectivity index (χ4n) is 3.11. The summed E-state index contributed by atoms with van der Waals surface area (Å²) in [5, 5.41) is 20.0. The van der Waals surface area contributed by atoms with E-state index in [1.807, 2.05) is 0 Å². The number of carboxylic acids is 1. The number of hydrogen-bond acceptors (Lipinski definition) is 6. The summed E-state index contributed by atoms with van der Waals surface area (Å²) in [6.45, 7) is 2.98. The molecule has 3 rings (SSSR count). The van der Waals surface area contributed by atoms with Gasteiger partial charge in [-0.3, -0.25) is 5.41 Å². The molecule has 0 aromatic heterocycles. The van der Waals surface area contributed by atoms with Crippen LogP contribution in [0.3, 0.4) is 0 Å². The van der Waals surface area contributed by atoms with Gasteiger partial charge < -0.3 is 30.4 Å². The number of carbonyl (C=O) groups is 1. The van der Waals surface area contributed by atoms with E-state index in [-0.39, 0.29) is 23.3 Å². The number of benzene rings is 2. The summed E-state index contributed by atoms with van der Waals surface area (Å²) in [5.74, 6) is -1.92. The van der Waals surface area contributed by atoms with Gasteiger partial charge in [-0.2, -0.15) is 0 Å². The third-order valence-corrected chi connectivity index (χ3v) is 4.60. The van der Waals surface area contributed by atoms with E-state index in [0.717, 1.165) is 0 Å². The van der Waals surface area contributed by atoms with Crippen molar-refractivity contribution in [2.45, 2.75) is 25.5 Å². The van der Waals surface area contributed by atoms with E-state index in [1.54, 1.807) is 31.2 Å². The maximum atomic E-state index is 15.3. The number of halogens is 1. The summed E-state index contributed by atoms with van der Waals surface area (Å²) in [5.41, 5.74) is 6.25. The van der Waals surface area contributed by atoms with Crippen LogP contribution in [0.4, 0.5) is 10.1 Å². The van der Waals surface area contributed by atoms with Crippen LogP contribution in [0.25, 0.3) is 0 Å². The van der Waals surface area contributed by atoms with Crippen molar-refractivity contribution in [1.82, 2.24) is 0 Å². The topological polar surface area (TPSA) is 127 Å². The van der Waals surface area contributed by atoms with Crippen molar-refractivity contribution >= 4 is 17.5 Å². The third kappa shape index (κ3) is 4.98. The lowest BCUT2D eigenvalue weighted by Gasteiger charge is -2.21. The van der Waals surface area contributed by atoms with Gasteiger partial charge in [0.2, 0.25) is 0 Å². The fourth-order valence-corrected chi connectivity index (χ4v) is 3.11. The van der Waals surface area contributed by atoms with Crippen LogP contribution in [0.5, 0.6) is 11.5 Å². The van der Waals surface area contributed by atoms with Crippen LogP contribution >= 0.6 is 0 Å². The molecule has 0 amide bonds. The summed E-state index contributed by atoms with van der Waals surface area (Å²) in [7, 11) is 0. The Labute approximate surface area is 173 Å². The van der Waals surface area contributed by atoms with Crippen LogP contribution in [-0.2, 0) is 9.53 Å². The van der Waals surface area contributed by atoms with Gasteiger partial charge in [0, 0.05) is 29.3 Å². The molecule has 30 heavy (non-hydrogen) atoms. The lowest BCUT2D eigenvalue weighted by atomic mass is 10.0. The Hall–Kier alpha value is -3.33. The van der Waals surface area contributed by atoms with Gasteiger partial charge in [-0.05, 0) is 37.3 Å². The van der Waals surface area contributed by atoms with Crippen LogP contribution < -0.4 is 20.5 Å². The van der Waals surface area contributed by atoms with E-state index < -0.39 is 17.8 Å². The number of carboxylic acid groups (broad SMARTS) is 1. The number of amidine groups is 1. The van der Waals surface area contributed by atoms with Crippen molar-refractivity contribution in [2.24, 2.45) is 5.73 Å². The smallest absolute Gasteiger partial charge is 0.330 e. The van der Waals surface area contributed by atoms with Crippen molar-refractivity contribution in [3.05, 3.63) is 53.3 Å². The van der Waals surface area contributed by atoms with Crippen molar-refractivity contribution < 1.29 is 28.5 Å². The predicted octanol–water partition coefficient (Wildman–Crippen LogP) is 2.91. The highest BCUT2D eigenvalue weighted by atomic mass is 19.1. The molecule has 1 fully saturated rings. The molecule has 160 valence electrons. The number of aliphatic carboxylic acids is 1. The van der Waals surface area contributed by atoms with Crippen LogP contribution in [-0.4, -0.2) is 42.8 Å². The van der Waals surface area contributed by atoms with Crippen molar-refractivity contribution in [2.75, 3.05) is 25.1 Å². The first-order valence-corrected chi connectivity index (χ1v) is 9.53. The number of nitrogens with two attached hydrogens (primary N) is 1. The highest BCUT2D eigenvalue weighted by Crippen LogP contribution is 2.34. The normalized spacial score (nSPS) is 16.7. The molecule has 0 spiro atoms. The van der Waals surface area contributed by atoms with E-state index >= 15 is 4.39 Å². The maximum Gasteiger partial charge on any atom is 0.330 e. The molecule has 0 radical (unpaired) electrons. The molecule has 1 saturated heterocycles. The molecular weight excluding hydrogens is 393 g/mol. The first kappa shape index (κ1) is 21.4. The van der Waals surface area contributed by atoms with Gasteiger partial charge in [-0.1, -0.05) is 0 Å². The summed E-state index contributed by atoms with van der Waals surface area (Å²) >= 11 is 0. The molecule has 8 nitrogen and oxygen atoms in total. The van der Waals surface area contributed by atoms with Gasteiger partial charge in [0.25, 0.3) is 0 Å². The SMILES string of the molecule is CCOc1cc(O[C@H]2CCOC2)c(F)c(C(Nc2ccc(C(=N)N)cc2)C(=O)O)c1. The number of ether oxygens (including phenoxy) is 3. The monoisotopic (exact) mass is 417 g/mol. The minimum Gasteiger partial charge on any atom is -0.494 e. The van der Waals surface area contributed by atoms with Gasteiger partial charge in [0.05, 0.1) is 19.8 Å².